The summed E-state index contributed by atoms with van der Waals surface area (Å²) in [5.74, 6) is 0.167. The van der Waals surface area contributed by atoms with Gasteiger partial charge in [-0.2, -0.15) is 0 Å². The van der Waals surface area contributed by atoms with Crippen molar-refractivity contribution in [2.75, 3.05) is 0 Å². The summed E-state index contributed by atoms with van der Waals surface area (Å²) in [5.41, 5.74) is 4.01. The molecule has 0 aromatic heterocycles. The van der Waals surface area contributed by atoms with Gasteiger partial charge in [-0.3, -0.25) is 9.79 Å². The zero-order chi connectivity index (χ0) is 15.0. The van der Waals surface area contributed by atoms with Gasteiger partial charge in [0.05, 0.1) is 0 Å². The van der Waals surface area contributed by atoms with E-state index in [1.165, 1.54) is 0 Å². The van der Waals surface area contributed by atoms with E-state index in [1.807, 2.05) is 50.3 Å². The van der Waals surface area contributed by atoms with Crippen LogP contribution in [0.5, 0.6) is 0 Å². The number of carbonyl (C=O) groups is 1. The molecule has 0 N–H and O–H groups in total. The highest BCUT2D eigenvalue weighted by Gasteiger charge is 2.05. The molecule has 104 valence electrons. The second-order valence-corrected chi connectivity index (χ2v) is 4.44. The quantitative estimate of drug-likeness (QED) is 0.405. The molecule has 2 heteroatoms. The molecule has 0 saturated heterocycles. The molecule has 1 rings (SSSR count). The minimum atomic E-state index is 0.167. The van der Waals surface area contributed by atoms with Crippen molar-refractivity contribution >= 4 is 12.5 Å². The fourth-order valence-corrected chi connectivity index (χ4v) is 2.00. The summed E-state index contributed by atoms with van der Waals surface area (Å²) >= 11 is 0. The van der Waals surface area contributed by atoms with Gasteiger partial charge >= 0.3 is 0 Å². The van der Waals surface area contributed by atoms with E-state index in [0.717, 1.165) is 28.7 Å². The van der Waals surface area contributed by atoms with Crippen LogP contribution in [0.25, 0.3) is 0 Å². The Bertz CT molecular complexity index is 547. The Kier molecular flexibility index (Phi) is 6.38. The molecular formula is C18H21NO. The number of carbonyl (C=O) groups excluding carboxylic acids is 1. The van der Waals surface area contributed by atoms with E-state index in [0.29, 0.717) is 6.42 Å². The van der Waals surface area contributed by atoms with Gasteiger partial charge in [-0.25, -0.2) is 0 Å². The summed E-state index contributed by atoms with van der Waals surface area (Å²) in [6, 6.07) is 7.72. The summed E-state index contributed by atoms with van der Waals surface area (Å²) < 4.78 is 0. The fraction of sp³-hybridized carbons (Fsp3) is 0.222. The molecule has 0 unspecified atom stereocenters. The SMILES string of the molecule is C=CC(=C\C)/C(=C/N=C)Cc1ccc(C(=O)CC)cc1. The van der Waals surface area contributed by atoms with Gasteiger partial charge in [0, 0.05) is 18.2 Å². The van der Waals surface area contributed by atoms with Crippen LogP contribution in [0, 0.1) is 0 Å². The van der Waals surface area contributed by atoms with Crippen LogP contribution in [0.1, 0.15) is 36.2 Å². The third kappa shape index (κ3) is 4.16. The third-order valence-corrected chi connectivity index (χ3v) is 3.14. The molecule has 0 atom stereocenters. The minimum absolute atomic E-state index is 0.167. The van der Waals surface area contributed by atoms with Gasteiger partial charge in [0.2, 0.25) is 0 Å². The molecule has 0 aliphatic heterocycles. The topological polar surface area (TPSA) is 29.4 Å². The number of benzene rings is 1. The molecule has 0 saturated carbocycles. The maximum atomic E-state index is 11.6. The summed E-state index contributed by atoms with van der Waals surface area (Å²) in [6.45, 7) is 11.2. The molecule has 20 heavy (non-hydrogen) atoms. The first-order valence-electron chi connectivity index (χ1n) is 6.72. The predicted octanol–water partition coefficient (Wildman–Crippen LogP) is 4.54. The standard InChI is InChI=1S/C18H21NO/c1-5-15(6-2)17(13-19-4)12-14-8-10-16(11-9-14)18(20)7-3/h5-6,8-11,13H,1,4,7,12H2,2-3H3/b15-6+,17-13+. The van der Waals surface area contributed by atoms with Gasteiger partial charge < -0.3 is 0 Å². The van der Waals surface area contributed by atoms with Crippen molar-refractivity contribution in [1.82, 2.24) is 0 Å². The first kappa shape index (κ1) is 15.8. The van der Waals surface area contributed by atoms with E-state index in [2.05, 4.69) is 18.3 Å². The molecule has 0 radical (unpaired) electrons. The van der Waals surface area contributed by atoms with Crippen LogP contribution < -0.4 is 0 Å². The summed E-state index contributed by atoms with van der Waals surface area (Å²) in [7, 11) is 0. The molecular weight excluding hydrogens is 246 g/mol. The minimum Gasteiger partial charge on any atom is -0.294 e. The number of nitrogens with zero attached hydrogens (tertiary/aromatic N) is 1. The Morgan fingerprint density at radius 1 is 1.30 bits per heavy atom. The number of allylic oxidation sites excluding steroid dienone is 4. The second kappa shape index (κ2) is 8.05. The normalized spacial score (nSPS) is 12.1. The van der Waals surface area contributed by atoms with E-state index in [9.17, 15) is 4.79 Å². The van der Waals surface area contributed by atoms with Crippen LogP contribution >= 0.6 is 0 Å². The molecule has 0 aliphatic carbocycles. The van der Waals surface area contributed by atoms with E-state index in [-0.39, 0.29) is 5.78 Å². The number of Topliss-reactive ketones (excluding diaryl/α,β-unsaturated/α-hetero) is 1. The molecule has 1 aromatic rings. The molecule has 0 aliphatic rings. The van der Waals surface area contributed by atoms with Gasteiger partial charge in [0.25, 0.3) is 0 Å². The van der Waals surface area contributed by atoms with Crippen molar-refractivity contribution in [3.8, 4) is 0 Å². The Morgan fingerprint density at radius 2 is 1.95 bits per heavy atom. The number of ketones is 1. The van der Waals surface area contributed by atoms with Gasteiger partial charge in [0.1, 0.15) is 0 Å². The zero-order valence-corrected chi connectivity index (χ0v) is 12.2. The fourth-order valence-electron chi connectivity index (χ4n) is 2.00. The predicted molar refractivity (Wildman–Crippen MR) is 86.4 cm³/mol. The molecule has 2 nitrogen and oxygen atoms in total. The summed E-state index contributed by atoms with van der Waals surface area (Å²) in [4.78, 5) is 15.4. The highest BCUT2D eigenvalue weighted by molar-refractivity contribution is 5.95. The Hall–Kier alpha value is -2.22. The van der Waals surface area contributed by atoms with Crippen molar-refractivity contribution in [2.45, 2.75) is 26.7 Å². The average molecular weight is 267 g/mol. The maximum Gasteiger partial charge on any atom is 0.162 e. The number of hydrogen-bond donors (Lipinski definition) is 0. The molecule has 0 amide bonds. The number of aliphatic imine (C=N–C) groups is 1. The lowest BCUT2D eigenvalue weighted by molar-refractivity contribution is 0.0988. The van der Waals surface area contributed by atoms with Crippen LogP contribution in [0.3, 0.4) is 0 Å². The zero-order valence-electron chi connectivity index (χ0n) is 12.2. The van der Waals surface area contributed by atoms with Gasteiger partial charge in [-0.05, 0) is 36.8 Å². The van der Waals surface area contributed by atoms with Crippen molar-refractivity contribution in [3.63, 3.8) is 0 Å². The summed E-state index contributed by atoms with van der Waals surface area (Å²) in [6.07, 6.45) is 6.84. The van der Waals surface area contributed by atoms with Crippen LogP contribution in [-0.4, -0.2) is 12.5 Å². The lowest BCUT2D eigenvalue weighted by atomic mass is 9.97. The van der Waals surface area contributed by atoms with Crippen molar-refractivity contribution in [2.24, 2.45) is 4.99 Å². The second-order valence-electron chi connectivity index (χ2n) is 4.44. The van der Waals surface area contributed by atoms with Crippen LogP contribution in [0.2, 0.25) is 0 Å². The van der Waals surface area contributed by atoms with Crippen LogP contribution in [0.4, 0.5) is 0 Å². The Morgan fingerprint density at radius 3 is 2.40 bits per heavy atom. The van der Waals surface area contributed by atoms with Crippen LogP contribution in [0.15, 0.2) is 65.3 Å². The van der Waals surface area contributed by atoms with Crippen LogP contribution in [-0.2, 0) is 6.42 Å². The van der Waals surface area contributed by atoms with Gasteiger partial charge in [-0.1, -0.05) is 49.9 Å². The lowest BCUT2D eigenvalue weighted by Crippen LogP contribution is -1.98. The first-order chi connectivity index (χ1) is 9.65. The van der Waals surface area contributed by atoms with Crippen molar-refractivity contribution < 1.29 is 4.79 Å². The van der Waals surface area contributed by atoms with E-state index in [4.69, 9.17) is 0 Å². The van der Waals surface area contributed by atoms with Crippen molar-refractivity contribution in [3.05, 3.63) is 71.5 Å². The molecule has 0 fully saturated rings. The number of hydrogen-bond acceptors (Lipinski definition) is 2. The van der Waals surface area contributed by atoms with E-state index in [1.54, 1.807) is 6.20 Å². The molecule has 0 heterocycles. The highest BCUT2D eigenvalue weighted by atomic mass is 16.1. The average Bonchev–Trinajstić information content (AvgIpc) is 2.48. The van der Waals surface area contributed by atoms with E-state index >= 15 is 0 Å². The highest BCUT2D eigenvalue weighted by Crippen LogP contribution is 2.18. The Labute approximate surface area is 121 Å². The maximum absolute atomic E-state index is 11.6. The van der Waals surface area contributed by atoms with E-state index < -0.39 is 0 Å². The van der Waals surface area contributed by atoms with Gasteiger partial charge in [0.15, 0.2) is 5.78 Å². The third-order valence-electron chi connectivity index (χ3n) is 3.14. The monoisotopic (exact) mass is 267 g/mol. The van der Waals surface area contributed by atoms with Gasteiger partial charge in [-0.15, -0.1) is 0 Å². The lowest BCUT2D eigenvalue weighted by Gasteiger charge is -2.08. The molecule has 0 spiro atoms. The first-order valence-corrected chi connectivity index (χ1v) is 6.72. The smallest absolute Gasteiger partial charge is 0.162 e. The largest absolute Gasteiger partial charge is 0.294 e. The summed E-state index contributed by atoms with van der Waals surface area (Å²) in [5, 5.41) is 0. The molecule has 1 aromatic carbocycles. The Balaban J connectivity index is 2.96. The molecule has 0 bridgehead atoms. The van der Waals surface area contributed by atoms with Crippen molar-refractivity contribution in [1.29, 1.82) is 0 Å². The number of rotatable bonds is 7.